The third kappa shape index (κ3) is 4.14. The maximum absolute atomic E-state index is 11.1. The van der Waals surface area contributed by atoms with Crippen LogP contribution in [0, 0.1) is 0 Å². The number of methoxy groups -OCH3 is 1. The molecule has 0 aliphatic carbocycles. The van der Waals surface area contributed by atoms with Crippen LogP contribution in [0.15, 0.2) is 30.3 Å². The number of para-hydroxylation sites is 1. The summed E-state index contributed by atoms with van der Waals surface area (Å²) in [5.41, 5.74) is 0.553. The molecule has 1 heterocycles. The third-order valence-electron chi connectivity index (χ3n) is 2.81. The van der Waals surface area contributed by atoms with E-state index in [9.17, 15) is 4.79 Å². The molecule has 2 aromatic rings. The quantitative estimate of drug-likeness (QED) is 0.749. The molecule has 0 unspecified atom stereocenters. The first kappa shape index (κ1) is 15.2. The monoisotopic (exact) mass is 291 g/mol. The van der Waals surface area contributed by atoms with E-state index in [0.717, 1.165) is 5.39 Å². The topological polar surface area (TPSA) is 77.9 Å². The molecule has 1 aromatic carbocycles. The van der Waals surface area contributed by atoms with Crippen molar-refractivity contribution in [2.75, 3.05) is 33.5 Å². The van der Waals surface area contributed by atoms with Gasteiger partial charge in [0.15, 0.2) is 5.69 Å². The van der Waals surface area contributed by atoms with E-state index >= 15 is 0 Å². The molecule has 1 aromatic heterocycles. The van der Waals surface area contributed by atoms with E-state index < -0.39 is 5.97 Å². The van der Waals surface area contributed by atoms with Gasteiger partial charge in [0.1, 0.15) is 12.4 Å². The minimum Gasteiger partial charge on any atom is -0.490 e. The largest absolute Gasteiger partial charge is 0.490 e. The van der Waals surface area contributed by atoms with Crippen molar-refractivity contribution in [3.05, 3.63) is 36.0 Å². The van der Waals surface area contributed by atoms with Crippen LogP contribution < -0.4 is 4.74 Å². The van der Waals surface area contributed by atoms with Crippen molar-refractivity contribution in [2.45, 2.75) is 0 Å². The molecule has 6 nitrogen and oxygen atoms in total. The Morgan fingerprint density at radius 2 is 1.95 bits per heavy atom. The third-order valence-corrected chi connectivity index (χ3v) is 2.81. The van der Waals surface area contributed by atoms with Crippen molar-refractivity contribution in [3.63, 3.8) is 0 Å². The van der Waals surface area contributed by atoms with Crippen LogP contribution in [-0.2, 0) is 9.47 Å². The van der Waals surface area contributed by atoms with Gasteiger partial charge in [-0.05, 0) is 12.1 Å². The average Bonchev–Trinajstić information content (AvgIpc) is 2.50. The van der Waals surface area contributed by atoms with E-state index in [4.69, 9.17) is 19.3 Å². The van der Waals surface area contributed by atoms with Crippen molar-refractivity contribution in [2.24, 2.45) is 0 Å². The van der Waals surface area contributed by atoms with Crippen LogP contribution >= 0.6 is 0 Å². The van der Waals surface area contributed by atoms with Gasteiger partial charge in [-0.2, -0.15) is 0 Å². The highest BCUT2D eigenvalue weighted by Crippen LogP contribution is 2.25. The number of pyridine rings is 1. The Morgan fingerprint density at radius 1 is 1.19 bits per heavy atom. The molecule has 0 aliphatic rings. The Kier molecular flexibility index (Phi) is 5.48. The Hall–Kier alpha value is -2.18. The molecule has 0 saturated carbocycles. The number of carboxylic acids is 1. The number of ether oxygens (including phenoxy) is 3. The number of carboxylic acid groups (broad SMARTS) is 1. The van der Waals surface area contributed by atoms with Crippen molar-refractivity contribution in [3.8, 4) is 5.75 Å². The van der Waals surface area contributed by atoms with E-state index in [-0.39, 0.29) is 5.69 Å². The van der Waals surface area contributed by atoms with Gasteiger partial charge in [-0.15, -0.1) is 0 Å². The van der Waals surface area contributed by atoms with Crippen LogP contribution in [0.25, 0.3) is 10.9 Å². The maximum Gasteiger partial charge on any atom is 0.354 e. The lowest BCUT2D eigenvalue weighted by atomic mass is 10.2. The summed E-state index contributed by atoms with van der Waals surface area (Å²) < 4.78 is 15.8. The number of fused-ring (bicyclic) bond motifs is 1. The van der Waals surface area contributed by atoms with Crippen molar-refractivity contribution >= 4 is 16.9 Å². The molecular weight excluding hydrogens is 274 g/mol. The fourth-order valence-corrected chi connectivity index (χ4v) is 1.83. The van der Waals surface area contributed by atoms with E-state index in [2.05, 4.69) is 4.98 Å². The molecule has 0 aliphatic heterocycles. The van der Waals surface area contributed by atoms with Crippen LogP contribution in [0.2, 0.25) is 0 Å². The predicted molar refractivity (Wildman–Crippen MR) is 76.9 cm³/mol. The minimum absolute atomic E-state index is 0.0380. The summed E-state index contributed by atoms with van der Waals surface area (Å²) >= 11 is 0. The fraction of sp³-hybridized carbons (Fsp3) is 0.333. The molecule has 0 saturated heterocycles. The van der Waals surface area contributed by atoms with Crippen molar-refractivity contribution < 1.29 is 24.1 Å². The lowest BCUT2D eigenvalue weighted by Crippen LogP contribution is -2.11. The van der Waals surface area contributed by atoms with Crippen LogP contribution in [0.3, 0.4) is 0 Å². The SMILES string of the molecule is COCCOCCOc1cc(C(=O)O)nc2ccccc12. The number of aromatic nitrogens is 1. The summed E-state index contributed by atoms with van der Waals surface area (Å²) in [6, 6.07) is 8.68. The lowest BCUT2D eigenvalue weighted by molar-refractivity contribution is 0.0546. The normalized spacial score (nSPS) is 10.7. The summed E-state index contributed by atoms with van der Waals surface area (Å²) in [4.78, 5) is 15.2. The zero-order chi connectivity index (χ0) is 15.1. The van der Waals surface area contributed by atoms with Crippen molar-refractivity contribution in [1.29, 1.82) is 0 Å². The summed E-state index contributed by atoms with van der Waals surface area (Å²) in [6.07, 6.45) is 0. The van der Waals surface area contributed by atoms with Gasteiger partial charge in [-0.25, -0.2) is 9.78 Å². The number of rotatable bonds is 8. The highest BCUT2D eigenvalue weighted by Gasteiger charge is 2.11. The number of nitrogens with zero attached hydrogens (tertiary/aromatic N) is 1. The van der Waals surface area contributed by atoms with E-state index in [1.54, 1.807) is 19.2 Å². The smallest absolute Gasteiger partial charge is 0.354 e. The molecule has 0 spiro atoms. The lowest BCUT2D eigenvalue weighted by Gasteiger charge is -2.10. The fourth-order valence-electron chi connectivity index (χ4n) is 1.83. The van der Waals surface area contributed by atoms with Gasteiger partial charge in [0, 0.05) is 18.6 Å². The van der Waals surface area contributed by atoms with Gasteiger partial charge < -0.3 is 19.3 Å². The Morgan fingerprint density at radius 3 is 2.71 bits per heavy atom. The van der Waals surface area contributed by atoms with Crippen LogP contribution in [0.1, 0.15) is 10.5 Å². The minimum atomic E-state index is -1.08. The van der Waals surface area contributed by atoms with Crippen LogP contribution in [-0.4, -0.2) is 49.6 Å². The predicted octanol–water partition coefficient (Wildman–Crippen LogP) is 1.97. The first-order chi connectivity index (χ1) is 10.2. The number of hydrogen-bond donors (Lipinski definition) is 1. The molecule has 112 valence electrons. The maximum atomic E-state index is 11.1. The van der Waals surface area contributed by atoms with Crippen LogP contribution in [0.4, 0.5) is 0 Å². The average molecular weight is 291 g/mol. The van der Waals surface area contributed by atoms with Crippen LogP contribution in [0.5, 0.6) is 5.75 Å². The van der Waals surface area contributed by atoms with Gasteiger partial charge >= 0.3 is 5.97 Å². The summed E-state index contributed by atoms with van der Waals surface area (Å²) in [6.45, 7) is 1.76. The number of aromatic carboxylic acids is 1. The summed E-state index contributed by atoms with van der Waals surface area (Å²) in [5, 5.41) is 9.86. The second kappa shape index (κ2) is 7.56. The number of benzene rings is 1. The van der Waals surface area contributed by atoms with Gasteiger partial charge in [-0.1, -0.05) is 12.1 Å². The molecule has 0 atom stereocenters. The molecule has 1 N–H and O–H groups in total. The molecule has 0 bridgehead atoms. The summed E-state index contributed by atoms with van der Waals surface area (Å²) in [5.74, 6) is -0.588. The standard InChI is InChI=1S/C15H17NO5/c1-19-6-7-20-8-9-21-14-10-13(15(17)18)16-12-5-3-2-4-11(12)14/h2-5,10H,6-9H2,1H3,(H,17,18). The second-order valence-electron chi connectivity index (χ2n) is 4.28. The molecule has 0 amide bonds. The number of hydrogen-bond acceptors (Lipinski definition) is 5. The summed E-state index contributed by atoms with van der Waals surface area (Å²) in [7, 11) is 1.61. The molecule has 0 radical (unpaired) electrons. The Balaban J connectivity index is 2.08. The van der Waals surface area contributed by atoms with E-state index in [1.807, 2.05) is 12.1 Å². The first-order valence-electron chi connectivity index (χ1n) is 6.55. The van der Waals surface area contributed by atoms with E-state index in [0.29, 0.717) is 37.7 Å². The zero-order valence-corrected chi connectivity index (χ0v) is 11.7. The van der Waals surface area contributed by atoms with Gasteiger partial charge in [0.05, 0.1) is 25.3 Å². The van der Waals surface area contributed by atoms with Gasteiger partial charge in [-0.3, -0.25) is 0 Å². The molecule has 2 rings (SSSR count). The molecular formula is C15H17NO5. The highest BCUT2D eigenvalue weighted by atomic mass is 16.5. The second-order valence-corrected chi connectivity index (χ2v) is 4.28. The van der Waals surface area contributed by atoms with Gasteiger partial charge in [0.2, 0.25) is 0 Å². The molecule has 0 fully saturated rings. The molecule has 21 heavy (non-hydrogen) atoms. The first-order valence-corrected chi connectivity index (χ1v) is 6.55. The zero-order valence-electron chi connectivity index (χ0n) is 11.7. The van der Waals surface area contributed by atoms with Gasteiger partial charge in [0.25, 0.3) is 0 Å². The Labute approximate surface area is 122 Å². The van der Waals surface area contributed by atoms with E-state index in [1.165, 1.54) is 6.07 Å². The van der Waals surface area contributed by atoms with Crippen molar-refractivity contribution in [1.82, 2.24) is 4.98 Å². The highest BCUT2D eigenvalue weighted by molar-refractivity contribution is 5.93. The Bertz CT molecular complexity index is 614. The number of carbonyl (C=O) groups is 1. The molecule has 6 heteroatoms.